The maximum absolute atomic E-state index is 12.5. The number of hydrogen-bond donors (Lipinski definition) is 1. The van der Waals surface area contributed by atoms with Crippen molar-refractivity contribution >= 4 is 35.1 Å². The summed E-state index contributed by atoms with van der Waals surface area (Å²) in [5.74, 6) is -1.26. The largest absolute Gasteiger partial charge is 0.480 e. The van der Waals surface area contributed by atoms with Gasteiger partial charge in [0, 0.05) is 16.6 Å². The van der Waals surface area contributed by atoms with Crippen LogP contribution in [-0.4, -0.2) is 34.5 Å². The fraction of sp³-hybridized carbons (Fsp3) is 0.467. The fourth-order valence-corrected chi connectivity index (χ4v) is 3.33. The van der Waals surface area contributed by atoms with E-state index >= 15 is 0 Å². The first-order valence-corrected chi connectivity index (χ1v) is 7.62. The molecule has 6 heteroatoms. The molecule has 0 aromatic heterocycles. The molecule has 0 aliphatic carbocycles. The molecule has 1 N–H and O–H groups in total. The Labute approximate surface area is 133 Å². The molecule has 1 heterocycles. The standard InChI is InChI=1S/C15H17Cl2NO3/c1-9-4-3-7-18(14(9)15(20)21)13(19)8-10-11(16)5-2-6-12(10)17/h2,5-6,9,14H,3-4,7-8H2,1H3,(H,20,21). The molecular weight excluding hydrogens is 313 g/mol. The van der Waals surface area contributed by atoms with E-state index in [0.29, 0.717) is 22.2 Å². The van der Waals surface area contributed by atoms with Crippen molar-refractivity contribution in [2.75, 3.05) is 6.54 Å². The van der Waals surface area contributed by atoms with Crippen molar-refractivity contribution < 1.29 is 14.7 Å². The Hall–Kier alpha value is -1.26. The molecule has 2 atom stereocenters. The van der Waals surface area contributed by atoms with Gasteiger partial charge in [-0.05, 0) is 36.5 Å². The van der Waals surface area contributed by atoms with E-state index in [2.05, 4.69) is 0 Å². The van der Waals surface area contributed by atoms with Crippen LogP contribution in [0.4, 0.5) is 0 Å². The quantitative estimate of drug-likeness (QED) is 0.926. The van der Waals surface area contributed by atoms with Gasteiger partial charge < -0.3 is 10.0 Å². The lowest BCUT2D eigenvalue weighted by molar-refractivity contribution is -0.154. The highest BCUT2D eigenvalue weighted by molar-refractivity contribution is 6.36. The second kappa shape index (κ2) is 6.67. The first-order chi connectivity index (χ1) is 9.91. The summed E-state index contributed by atoms with van der Waals surface area (Å²) in [6.07, 6.45) is 1.65. The van der Waals surface area contributed by atoms with Gasteiger partial charge in [0.15, 0.2) is 0 Å². The number of halogens is 2. The van der Waals surface area contributed by atoms with E-state index in [-0.39, 0.29) is 18.2 Å². The van der Waals surface area contributed by atoms with Gasteiger partial charge in [-0.3, -0.25) is 4.79 Å². The molecule has 2 unspecified atom stereocenters. The summed E-state index contributed by atoms with van der Waals surface area (Å²) >= 11 is 12.1. The van der Waals surface area contributed by atoms with Crippen molar-refractivity contribution in [1.29, 1.82) is 0 Å². The third kappa shape index (κ3) is 3.50. The number of piperidine rings is 1. The molecule has 114 valence electrons. The minimum absolute atomic E-state index is 0.0228. The summed E-state index contributed by atoms with van der Waals surface area (Å²) in [5, 5.41) is 10.2. The van der Waals surface area contributed by atoms with Crippen molar-refractivity contribution in [2.45, 2.75) is 32.2 Å². The zero-order valence-corrected chi connectivity index (χ0v) is 13.2. The number of carboxylic acids is 1. The van der Waals surface area contributed by atoms with Crippen LogP contribution < -0.4 is 0 Å². The maximum Gasteiger partial charge on any atom is 0.326 e. The molecule has 1 aromatic carbocycles. The molecule has 1 fully saturated rings. The van der Waals surface area contributed by atoms with Crippen molar-refractivity contribution in [3.8, 4) is 0 Å². The minimum atomic E-state index is -0.958. The van der Waals surface area contributed by atoms with E-state index in [4.69, 9.17) is 23.2 Å². The van der Waals surface area contributed by atoms with Gasteiger partial charge in [0.25, 0.3) is 0 Å². The Morgan fingerprint density at radius 2 is 1.95 bits per heavy atom. The molecule has 0 spiro atoms. The molecule has 1 aromatic rings. The van der Waals surface area contributed by atoms with Crippen LogP contribution in [0.15, 0.2) is 18.2 Å². The molecule has 0 saturated carbocycles. The van der Waals surface area contributed by atoms with Gasteiger partial charge in [0.2, 0.25) is 5.91 Å². The summed E-state index contributed by atoms with van der Waals surface area (Å²) in [5.41, 5.74) is 0.549. The van der Waals surface area contributed by atoms with Gasteiger partial charge in [-0.1, -0.05) is 36.2 Å². The third-order valence-electron chi connectivity index (χ3n) is 3.90. The highest BCUT2D eigenvalue weighted by Gasteiger charge is 2.37. The first-order valence-electron chi connectivity index (χ1n) is 6.87. The van der Waals surface area contributed by atoms with Crippen LogP contribution in [0.2, 0.25) is 10.0 Å². The lowest BCUT2D eigenvalue weighted by Gasteiger charge is -2.37. The topological polar surface area (TPSA) is 57.6 Å². The highest BCUT2D eigenvalue weighted by Crippen LogP contribution is 2.28. The van der Waals surface area contributed by atoms with Gasteiger partial charge in [-0.2, -0.15) is 0 Å². The van der Waals surface area contributed by atoms with E-state index in [1.165, 1.54) is 4.90 Å². The number of amides is 1. The lowest BCUT2D eigenvalue weighted by Crippen LogP contribution is -2.52. The Morgan fingerprint density at radius 1 is 1.33 bits per heavy atom. The zero-order chi connectivity index (χ0) is 15.6. The van der Waals surface area contributed by atoms with Crippen LogP contribution in [0.25, 0.3) is 0 Å². The Morgan fingerprint density at radius 3 is 2.52 bits per heavy atom. The second-order valence-electron chi connectivity index (χ2n) is 5.37. The summed E-state index contributed by atoms with van der Waals surface area (Å²) < 4.78 is 0. The highest BCUT2D eigenvalue weighted by atomic mass is 35.5. The summed E-state index contributed by atoms with van der Waals surface area (Å²) in [4.78, 5) is 25.3. The molecule has 21 heavy (non-hydrogen) atoms. The molecule has 2 rings (SSSR count). The number of carbonyl (C=O) groups is 2. The molecule has 1 saturated heterocycles. The van der Waals surface area contributed by atoms with Gasteiger partial charge in [-0.15, -0.1) is 0 Å². The average Bonchev–Trinajstić information content (AvgIpc) is 2.42. The average molecular weight is 330 g/mol. The van der Waals surface area contributed by atoms with Crippen LogP contribution in [0.3, 0.4) is 0 Å². The van der Waals surface area contributed by atoms with Crippen molar-refractivity contribution in [2.24, 2.45) is 5.92 Å². The third-order valence-corrected chi connectivity index (χ3v) is 4.60. The molecule has 1 aliphatic rings. The van der Waals surface area contributed by atoms with Crippen molar-refractivity contribution in [1.82, 2.24) is 4.90 Å². The molecule has 0 radical (unpaired) electrons. The number of rotatable bonds is 3. The lowest BCUT2D eigenvalue weighted by atomic mass is 9.90. The second-order valence-corrected chi connectivity index (χ2v) is 6.18. The number of likely N-dealkylation sites (tertiary alicyclic amines) is 1. The molecule has 0 bridgehead atoms. The normalized spacial score (nSPS) is 22.1. The SMILES string of the molecule is CC1CCCN(C(=O)Cc2c(Cl)cccc2Cl)C1C(=O)O. The van der Waals surface area contributed by atoms with E-state index < -0.39 is 12.0 Å². The fourth-order valence-electron chi connectivity index (χ4n) is 2.80. The van der Waals surface area contributed by atoms with Crippen LogP contribution >= 0.6 is 23.2 Å². The Bertz CT molecular complexity index is 542. The van der Waals surface area contributed by atoms with Crippen LogP contribution in [0, 0.1) is 5.92 Å². The van der Waals surface area contributed by atoms with Crippen molar-refractivity contribution in [3.63, 3.8) is 0 Å². The van der Waals surface area contributed by atoms with Gasteiger partial charge in [-0.25, -0.2) is 4.79 Å². The number of carboxylic acid groups (broad SMARTS) is 1. The van der Waals surface area contributed by atoms with Crippen LogP contribution in [0.5, 0.6) is 0 Å². The Kier molecular flexibility index (Phi) is 5.12. The van der Waals surface area contributed by atoms with E-state index in [1.807, 2.05) is 6.92 Å². The summed E-state index contributed by atoms with van der Waals surface area (Å²) in [6.45, 7) is 2.32. The van der Waals surface area contributed by atoms with Crippen molar-refractivity contribution in [3.05, 3.63) is 33.8 Å². The number of aliphatic carboxylic acids is 1. The van der Waals surface area contributed by atoms with Crippen LogP contribution in [0.1, 0.15) is 25.3 Å². The molecule has 4 nitrogen and oxygen atoms in total. The first kappa shape index (κ1) is 16.1. The van der Waals surface area contributed by atoms with Gasteiger partial charge >= 0.3 is 5.97 Å². The predicted octanol–water partition coefficient (Wildman–Crippen LogP) is 3.25. The Balaban J connectivity index is 2.20. The maximum atomic E-state index is 12.5. The van der Waals surface area contributed by atoms with E-state index in [1.54, 1.807) is 18.2 Å². The van der Waals surface area contributed by atoms with Crippen LogP contribution in [-0.2, 0) is 16.0 Å². The zero-order valence-electron chi connectivity index (χ0n) is 11.7. The van der Waals surface area contributed by atoms with E-state index in [9.17, 15) is 14.7 Å². The monoisotopic (exact) mass is 329 g/mol. The minimum Gasteiger partial charge on any atom is -0.480 e. The summed E-state index contributed by atoms with van der Waals surface area (Å²) in [7, 11) is 0. The van der Waals surface area contributed by atoms with Gasteiger partial charge in [0.05, 0.1) is 6.42 Å². The predicted molar refractivity (Wildman–Crippen MR) is 81.7 cm³/mol. The summed E-state index contributed by atoms with van der Waals surface area (Å²) in [6, 6.07) is 4.28. The number of hydrogen-bond acceptors (Lipinski definition) is 2. The smallest absolute Gasteiger partial charge is 0.326 e. The number of carbonyl (C=O) groups excluding carboxylic acids is 1. The van der Waals surface area contributed by atoms with Gasteiger partial charge in [0.1, 0.15) is 6.04 Å². The molecule has 1 amide bonds. The number of benzene rings is 1. The van der Waals surface area contributed by atoms with E-state index in [0.717, 1.165) is 12.8 Å². The molecule has 1 aliphatic heterocycles. The molecular formula is C15H17Cl2NO3. The number of nitrogens with zero attached hydrogens (tertiary/aromatic N) is 1.